The third kappa shape index (κ3) is 4.21. The number of benzene rings is 1. The van der Waals surface area contributed by atoms with Crippen LogP contribution in [0.4, 0.5) is 10.7 Å². The third-order valence-corrected chi connectivity index (χ3v) is 5.37. The van der Waals surface area contributed by atoms with E-state index < -0.39 is 16.7 Å². The number of rotatable bonds is 5. The summed E-state index contributed by atoms with van der Waals surface area (Å²) in [5.74, 6) is -0.994. The van der Waals surface area contributed by atoms with Crippen molar-refractivity contribution in [2.75, 3.05) is 18.9 Å². The highest BCUT2D eigenvalue weighted by Crippen LogP contribution is 2.36. The number of hydrogen-bond donors (Lipinski definition) is 2. The van der Waals surface area contributed by atoms with Crippen LogP contribution in [0.25, 0.3) is 6.08 Å². The molecule has 3 rings (SSSR count). The fraction of sp³-hybridized carbons (Fsp3) is 0.222. The van der Waals surface area contributed by atoms with Gasteiger partial charge in [0, 0.05) is 36.2 Å². The van der Waals surface area contributed by atoms with Crippen LogP contribution in [0.3, 0.4) is 0 Å². The van der Waals surface area contributed by atoms with Crippen LogP contribution in [0, 0.1) is 10.1 Å². The molecule has 2 aromatic rings. The molecule has 2 heterocycles. The molecule has 0 radical (unpaired) electrons. The number of nitrogens with one attached hydrogen (secondary N) is 1. The number of nitro groups is 1. The van der Waals surface area contributed by atoms with Crippen LogP contribution in [-0.4, -0.2) is 35.2 Å². The van der Waals surface area contributed by atoms with Gasteiger partial charge in [0.25, 0.3) is 11.6 Å². The molecule has 0 aliphatic carbocycles. The Hall–Kier alpha value is -3.04. The van der Waals surface area contributed by atoms with E-state index in [1.807, 2.05) is 7.05 Å². The first-order chi connectivity index (χ1) is 12.8. The van der Waals surface area contributed by atoms with Crippen LogP contribution >= 0.6 is 11.3 Å². The Morgan fingerprint density at radius 1 is 1.41 bits per heavy atom. The lowest BCUT2D eigenvalue weighted by molar-refractivity contribution is -0.384. The van der Waals surface area contributed by atoms with Gasteiger partial charge in [-0.25, -0.2) is 0 Å². The minimum absolute atomic E-state index is 0.0522. The molecule has 0 saturated carbocycles. The number of fused-ring (bicyclic) bond motifs is 1. The molecule has 1 aromatic heterocycles. The molecule has 0 unspecified atom stereocenters. The van der Waals surface area contributed by atoms with Crippen LogP contribution in [0.2, 0.25) is 0 Å². The highest BCUT2D eigenvalue weighted by atomic mass is 32.1. The van der Waals surface area contributed by atoms with Crippen molar-refractivity contribution in [2.24, 2.45) is 5.73 Å². The van der Waals surface area contributed by atoms with Gasteiger partial charge in [0.2, 0.25) is 5.91 Å². The lowest BCUT2D eigenvalue weighted by atomic mass is 10.0. The molecule has 0 atom stereocenters. The standard InChI is InChI=1S/C18H18N4O4S/c1-21-8-7-13-14(10-21)27-18(16(13)17(19)24)20-15(23)6-5-11-3-2-4-12(9-11)22(25)26/h2-6,9H,7-8,10H2,1H3,(H2,19,24)(H,20,23)/b6-5-. The molecule has 8 nitrogen and oxygen atoms in total. The van der Waals surface area contributed by atoms with Gasteiger partial charge in [-0.2, -0.15) is 0 Å². The van der Waals surface area contributed by atoms with Crippen LogP contribution in [0.5, 0.6) is 0 Å². The Kier molecular flexibility index (Phi) is 5.33. The van der Waals surface area contributed by atoms with Gasteiger partial charge in [-0.05, 0) is 30.7 Å². The number of nitrogens with two attached hydrogens (primary N) is 1. The van der Waals surface area contributed by atoms with E-state index in [1.165, 1.54) is 35.6 Å². The first-order valence-electron chi connectivity index (χ1n) is 8.21. The van der Waals surface area contributed by atoms with Gasteiger partial charge in [-0.15, -0.1) is 11.3 Å². The molecule has 1 aliphatic heterocycles. The molecule has 0 bridgehead atoms. The number of nitrogens with zero attached hydrogens (tertiary/aromatic N) is 2. The lowest BCUT2D eigenvalue weighted by Crippen LogP contribution is -2.27. The monoisotopic (exact) mass is 386 g/mol. The minimum atomic E-state index is -0.560. The summed E-state index contributed by atoms with van der Waals surface area (Å²) in [7, 11) is 1.99. The molecule has 0 fully saturated rings. The number of amides is 2. The van der Waals surface area contributed by atoms with E-state index in [0.717, 1.165) is 17.0 Å². The average molecular weight is 386 g/mol. The van der Waals surface area contributed by atoms with Crippen molar-refractivity contribution in [3.8, 4) is 0 Å². The Morgan fingerprint density at radius 3 is 2.89 bits per heavy atom. The van der Waals surface area contributed by atoms with Crippen molar-refractivity contribution < 1.29 is 14.5 Å². The van der Waals surface area contributed by atoms with Gasteiger partial charge in [0.05, 0.1) is 10.5 Å². The van der Waals surface area contributed by atoms with Gasteiger partial charge in [0.1, 0.15) is 5.00 Å². The predicted molar refractivity (Wildman–Crippen MR) is 104 cm³/mol. The number of thiophene rings is 1. The molecule has 2 amide bonds. The van der Waals surface area contributed by atoms with Crippen LogP contribution in [0.15, 0.2) is 30.3 Å². The Morgan fingerprint density at radius 2 is 2.19 bits per heavy atom. The SMILES string of the molecule is CN1CCc2c(sc(NC(=O)/C=C\c3cccc([N+](=O)[O-])c3)c2C(N)=O)C1. The minimum Gasteiger partial charge on any atom is -0.365 e. The summed E-state index contributed by atoms with van der Waals surface area (Å²) in [6, 6.07) is 5.96. The van der Waals surface area contributed by atoms with Crippen LogP contribution < -0.4 is 11.1 Å². The van der Waals surface area contributed by atoms with Crippen molar-refractivity contribution in [2.45, 2.75) is 13.0 Å². The summed E-state index contributed by atoms with van der Waals surface area (Å²) >= 11 is 1.35. The van der Waals surface area contributed by atoms with Crippen LogP contribution in [0.1, 0.15) is 26.4 Å². The van der Waals surface area contributed by atoms with E-state index in [4.69, 9.17) is 5.73 Å². The van der Waals surface area contributed by atoms with Crippen molar-refractivity contribution in [1.82, 2.24) is 4.90 Å². The number of hydrogen-bond acceptors (Lipinski definition) is 6. The zero-order valence-corrected chi connectivity index (χ0v) is 15.4. The van der Waals surface area contributed by atoms with Gasteiger partial charge in [-0.3, -0.25) is 19.7 Å². The Balaban J connectivity index is 1.79. The number of carbonyl (C=O) groups excluding carboxylic acids is 2. The highest BCUT2D eigenvalue weighted by molar-refractivity contribution is 7.17. The van der Waals surface area contributed by atoms with Gasteiger partial charge >= 0.3 is 0 Å². The summed E-state index contributed by atoms with van der Waals surface area (Å²) in [5, 5.41) is 14.0. The van der Waals surface area contributed by atoms with E-state index in [2.05, 4.69) is 10.2 Å². The smallest absolute Gasteiger partial charge is 0.270 e. The fourth-order valence-corrected chi connectivity index (χ4v) is 4.28. The van der Waals surface area contributed by atoms with Crippen molar-refractivity contribution in [1.29, 1.82) is 0 Å². The predicted octanol–water partition coefficient (Wildman–Crippen LogP) is 2.40. The zero-order chi connectivity index (χ0) is 19.6. The molecular formula is C18H18N4O4S. The highest BCUT2D eigenvalue weighted by Gasteiger charge is 2.26. The number of primary amides is 1. The lowest BCUT2D eigenvalue weighted by Gasteiger charge is -2.22. The van der Waals surface area contributed by atoms with E-state index in [1.54, 1.807) is 12.1 Å². The Labute approximate surface area is 159 Å². The quantitative estimate of drug-likeness (QED) is 0.465. The van der Waals surface area contributed by atoms with E-state index in [9.17, 15) is 19.7 Å². The molecule has 9 heteroatoms. The normalized spacial score (nSPS) is 14.1. The molecular weight excluding hydrogens is 368 g/mol. The first kappa shape index (κ1) is 18.7. The summed E-state index contributed by atoms with van der Waals surface area (Å²) in [4.78, 5) is 37.6. The Bertz CT molecular complexity index is 951. The van der Waals surface area contributed by atoms with Crippen molar-refractivity contribution in [3.05, 3.63) is 62.0 Å². The number of likely N-dealkylation sites (N-methyl/N-ethyl adjacent to an activating group) is 1. The molecule has 27 heavy (non-hydrogen) atoms. The topological polar surface area (TPSA) is 119 Å². The number of nitro benzene ring substituents is 1. The average Bonchev–Trinajstić information content (AvgIpc) is 2.97. The van der Waals surface area contributed by atoms with Crippen molar-refractivity contribution in [3.63, 3.8) is 0 Å². The number of carbonyl (C=O) groups is 2. The first-order valence-corrected chi connectivity index (χ1v) is 9.03. The summed E-state index contributed by atoms with van der Waals surface area (Å²) in [6.45, 7) is 1.53. The molecule has 0 spiro atoms. The summed E-state index contributed by atoms with van der Waals surface area (Å²) in [6.07, 6.45) is 3.46. The summed E-state index contributed by atoms with van der Waals surface area (Å²) < 4.78 is 0. The maximum Gasteiger partial charge on any atom is 0.270 e. The van der Waals surface area contributed by atoms with Gasteiger partial charge in [0.15, 0.2) is 0 Å². The maximum absolute atomic E-state index is 12.3. The molecule has 0 saturated heterocycles. The second kappa shape index (κ2) is 7.68. The van der Waals surface area contributed by atoms with E-state index in [0.29, 0.717) is 29.1 Å². The summed E-state index contributed by atoms with van der Waals surface area (Å²) in [5.41, 5.74) is 7.28. The largest absolute Gasteiger partial charge is 0.365 e. The molecule has 3 N–H and O–H groups in total. The van der Waals surface area contributed by atoms with Gasteiger partial charge < -0.3 is 16.0 Å². The fourth-order valence-electron chi connectivity index (χ4n) is 2.95. The van der Waals surface area contributed by atoms with E-state index in [-0.39, 0.29) is 5.69 Å². The second-order valence-electron chi connectivity index (χ2n) is 6.23. The molecule has 140 valence electrons. The number of anilines is 1. The number of non-ortho nitro benzene ring substituents is 1. The third-order valence-electron chi connectivity index (χ3n) is 4.24. The maximum atomic E-state index is 12.3. The molecule has 1 aromatic carbocycles. The van der Waals surface area contributed by atoms with Crippen LogP contribution in [-0.2, 0) is 17.8 Å². The van der Waals surface area contributed by atoms with Crippen molar-refractivity contribution >= 4 is 39.9 Å². The van der Waals surface area contributed by atoms with Gasteiger partial charge in [-0.1, -0.05) is 12.1 Å². The zero-order valence-electron chi connectivity index (χ0n) is 14.6. The molecule has 1 aliphatic rings. The van der Waals surface area contributed by atoms with E-state index >= 15 is 0 Å². The second-order valence-corrected chi connectivity index (χ2v) is 7.34.